The van der Waals surface area contributed by atoms with Crippen molar-refractivity contribution >= 4 is 5.91 Å². The van der Waals surface area contributed by atoms with Gasteiger partial charge < -0.3 is 10.1 Å². The molecule has 138 valence electrons. The van der Waals surface area contributed by atoms with Crippen molar-refractivity contribution in [2.24, 2.45) is 5.41 Å². The molecule has 1 aliphatic heterocycles. The van der Waals surface area contributed by atoms with Crippen LogP contribution >= 0.6 is 0 Å². The number of nitrogens with one attached hydrogen (secondary N) is 1. The second-order valence-electron chi connectivity index (χ2n) is 7.55. The zero-order valence-corrected chi connectivity index (χ0v) is 15.2. The summed E-state index contributed by atoms with van der Waals surface area (Å²) in [6.45, 7) is 5.63. The van der Waals surface area contributed by atoms with Gasteiger partial charge in [0, 0.05) is 49.9 Å². The van der Waals surface area contributed by atoms with Crippen LogP contribution in [0.1, 0.15) is 44.2 Å². The van der Waals surface area contributed by atoms with Gasteiger partial charge in [-0.25, -0.2) is 0 Å². The number of pyridine rings is 1. The molecule has 3 rings (SSSR count). The van der Waals surface area contributed by atoms with Gasteiger partial charge in [0.1, 0.15) is 0 Å². The minimum atomic E-state index is 0.151. The second kappa shape index (κ2) is 9.30. The first-order valence-electron chi connectivity index (χ1n) is 9.73. The Bertz CT molecular complexity index is 523. The molecule has 2 fully saturated rings. The Morgan fingerprint density at radius 1 is 1.20 bits per heavy atom. The highest BCUT2D eigenvalue weighted by Gasteiger charge is 2.34. The molecule has 1 aromatic rings. The van der Waals surface area contributed by atoms with Crippen molar-refractivity contribution in [1.82, 2.24) is 15.2 Å². The maximum Gasteiger partial charge on any atom is 0.220 e. The molecule has 0 radical (unpaired) electrons. The van der Waals surface area contributed by atoms with Gasteiger partial charge in [0.05, 0.1) is 13.2 Å². The van der Waals surface area contributed by atoms with Crippen molar-refractivity contribution in [2.75, 3.05) is 39.4 Å². The summed E-state index contributed by atoms with van der Waals surface area (Å²) in [7, 11) is 0. The third kappa shape index (κ3) is 5.79. The lowest BCUT2D eigenvalue weighted by Crippen LogP contribution is -2.49. The normalized spacial score (nSPS) is 21.0. The molecule has 1 saturated carbocycles. The minimum absolute atomic E-state index is 0.151. The number of rotatable bonds is 7. The first-order valence-corrected chi connectivity index (χ1v) is 9.73. The van der Waals surface area contributed by atoms with Crippen molar-refractivity contribution in [3.8, 4) is 0 Å². The molecule has 0 bridgehead atoms. The molecule has 0 unspecified atom stereocenters. The Kier molecular flexibility index (Phi) is 6.82. The van der Waals surface area contributed by atoms with Crippen LogP contribution in [-0.2, 0) is 16.0 Å². The summed E-state index contributed by atoms with van der Waals surface area (Å²) in [5, 5.41) is 3.23. The number of amides is 1. The first-order chi connectivity index (χ1) is 12.3. The van der Waals surface area contributed by atoms with Crippen LogP contribution in [0.25, 0.3) is 0 Å². The fraction of sp³-hybridized carbons (Fsp3) is 0.700. The number of nitrogens with zero attached hydrogens (tertiary/aromatic N) is 2. The topological polar surface area (TPSA) is 54.5 Å². The monoisotopic (exact) mass is 345 g/mol. The first kappa shape index (κ1) is 18.3. The van der Waals surface area contributed by atoms with Crippen LogP contribution in [0.3, 0.4) is 0 Å². The highest BCUT2D eigenvalue weighted by molar-refractivity contribution is 5.76. The third-order valence-electron chi connectivity index (χ3n) is 5.57. The lowest BCUT2D eigenvalue weighted by molar-refractivity contribution is -0.121. The standard InChI is InChI=1S/C20H31N3O2/c24-19(8-7-18-6-2-5-11-21-18)22-16-20(9-3-1-4-10-20)17-23-12-14-25-15-13-23/h2,5-6,11H,1,3-4,7-10,12-17H2,(H,22,24). The van der Waals surface area contributed by atoms with Gasteiger partial charge in [0.2, 0.25) is 5.91 Å². The van der Waals surface area contributed by atoms with E-state index in [-0.39, 0.29) is 11.3 Å². The summed E-state index contributed by atoms with van der Waals surface area (Å²) in [6, 6.07) is 5.86. The van der Waals surface area contributed by atoms with Gasteiger partial charge in [-0.2, -0.15) is 0 Å². The fourth-order valence-electron chi connectivity index (χ4n) is 4.09. The van der Waals surface area contributed by atoms with Crippen LogP contribution in [0.2, 0.25) is 0 Å². The molecule has 5 nitrogen and oxygen atoms in total. The van der Waals surface area contributed by atoms with Crippen molar-refractivity contribution in [3.05, 3.63) is 30.1 Å². The van der Waals surface area contributed by atoms with Gasteiger partial charge in [0.25, 0.3) is 0 Å². The van der Waals surface area contributed by atoms with Crippen LogP contribution in [0, 0.1) is 5.41 Å². The van der Waals surface area contributed by atoms with E-state index in [1.54, 1.807) is 6.20 Å². The van der Waals surface area contributed by atoms with E-state index in [0.717, 1.165) is 45.1 Å². The summed E-state index contributed by atoms with van der Waals surface area (Å²) in [5.74, 6) is 0.151. The Labute approximate surface area is 151 Å². The van der Waals surface area contributed by atoms with Crippen LogP contribution in [0.4, 0.5) is 0 Å². The van der Waals surface area contributed by atoms with Crippen molar-refractivity contribution < 1.29 is 9.53 Å². The molecule has 1 amide bonds. The summed E-state index contributed by atoms with van der Waals surface area (Å²) in [6.07, 6.45) is 9.37. The molecule has 2 heterocycles. The van der Waals surface area contributed by atoms with Gasteiger partial charge >= 0.3 is 0 Å². The SMILES string of the molecule is O=C(CCc1ccccn1)NCC1(CN2CCOCC2)CCCCC1. The van der Waals surface area contributed by atoms with E-state index in [2.05, 4.69) is 15.2 Å². The average Bonchev–Trinajstić information content (AvgIpc) is 2.67. The maximum atomic E-state index is 12.3. The summed E-state index contributed by atoms with van der Waals surface area (Å²) in [4.78, 5) is 19.1. The van der Waals surface area contributed by atoms with Crippen molar-refractivity contribution in [2.45, 2.75) is 44.9 Å². The van der Waals surface area contributed by atoms with Crippen molar-refractivity contribution in [3.63, 3.8) is 0 Å². The number of ether oxygens (including phenoxy) is 1. The molecule has 2 aliphatic rings. The number of carbonyl (C=O) groups excluding carboxylic acids is 1. The van der Waals surface area contributed by atoms with Crippen LogP contribution in [-0.4, -0.2) is 55.2 Å². The summed E-state index contributed by atoms with van der Waals surface area (Å²) < 4.78 is 5.48. The Hall–Kier alpha value is -1.46. The lowest BCUT2D eigenvalue weighted by Gasteiger charge is -2.42. The number of hydrogen-bond donors (Lipinski definition) is 1. The average molecular weight is 345 g/mol. The summed E-state index contributed by atoms with van der Waals surface area (Å²) in [5.41, 5.74) is 1.23. The van der Waals surface area contributed by atoms with Gasteiger partial charge in [-0.3, -0.25) is 14.7 Å². The number of morpholine rings is 1. The zero-order valence-electron chi connectivity index (χ0n) is 15.2. The third-order valence-corrected chi connectivity index (χ3v) is 5.57. The lowest BCUT2D eigenvalue weighted by atomic mass is 9.73. The molecule has 1 aliphatic carbocycles. The number of aryl methyl sites for hydroxylation is 1. The number of aromatic nitrogens is 1. The highest BCUT2D eigenvalue weighted by Crippen LogP contribution is 2.36. The molecule has 0 atom stereocenters. The summed E-state index contributed by atoms with van der Waals surface area (Å²) >= 11 is 0. The van der Waals surface area contributed by atoms with Gasteiger partial charge in [-0.15, -0.1) is 0 Å². The van der Waals surface area contributed by atoms with E-state index in [1.165, 1.54) is 32.1 Å². The minimum Gasteiger partial charge on any atom is -0.379 e. The Balaban J connectivity index is 1.48. The van der Waals surface area contributed by atoms with Gasteiger partial charge in [-0.05, 0) is 31.4 Å². The second-order valence-corrected chi connectivity index (χ2v) is 7.55. The molecule has 1 saturated heterocycles. The van der Waals surface area contributed by atoms with Crippen LogP contribution in [0.15, 0.2) is 24.4 Å². The Morgan fingerprint density at radius 2 is 2.00 bits per heavy atom. The molecule has 25 heavy (non-hydrogen) atoms. The van der Waals surface area contributed by atoms with E-state index in [0.29, 0.717) is 12.8 Å². The predicted molar refractivity (Wildman–Crippen MR) is 98.3 cm³/mol. The molecule has 1 N–H and O–H groups in total. The molecular formula is C20H31N3O2. The van der Waals surface area contributed by atoms with E-state index < -0.39 is 0 Å². The predicted octanol–water partition coefficient (Wildman–Crippen LogP) is 2.41. The van der Waals surface area contributed by atoms with E-state index in [1.807, 2.05) is 18.2 Å². The molecule has 1 aromatic heterocycles. The quantitative estimate of drug-likeness (QED) is 0.824. The van der Waals surface area contributed by atoms with Crippen molar-refractivity contribution in [1.29, 1.82) is 0 Å². The molecular weight excluding hydrogens is 314 g/mol. The van der Waals surface area contributed by atoms with Gasteiger partial charge in [-0.1, -0.05) is 25.3 Å². The van der Waals surface area contributed by atoms with Crippen LogP contribution in [0.5, 0.6) is 0 Å². The Morgan fingerprint density at radius 3 is 2.72 bits per heavy atom. The number of carbonyl (C=O) groups is 1. The zero-order chi connectivity index (χ0) is 17.4. The smallest absolute Gasteiger partial charge is 0.220 e. The van der Waals surface area contributed by atoms with E-state index >= 15 is 0 Å². The largest absolute Gasteiger partial charge is 0.379 e. The molecule has 0 spiro atoms. The van der Waals surface area contributed by atoms with E-state index in [4.69, 9.17) is 4.74 Å². The molecule has 0 aromatic carbocycles. The highest BCUT2D eigenvalue weighted by atomic mass is 16.5. The van der Waals surface area contributed by atoms with Crippen LogP contribution < -0.4 is 5.32 Å². The molecule has 5 heteroatoms. The maximum absolute atomic E-state index is 12.3. The van der Waals surface area contributed by atoms with E-state index in [9.17, 15) is 4.79 Å². The van der Waals surface area contributed by atoms with Gasteiger partial charge in [0.15, 0.2) is 0 Å². The fourth-order valence-corrected chi connectivity index (χ4v) is 4.09. The number of hydrogen-bond acceptors (Lipinski definition) is 4.